The van der Waals surface area contributed by atoms with Gasteiger partial charge in [-0.2, -0.15) is 0 Å². The molecule has 2 aromatic carbocycles. The molecule has 2 aliphatic rings. The van der Waals surface area contributed by atoms with Crippen molar-refractivity contribution in [1.82, 2.24) is 10.3 Å². The van der Waals surface area contributed by atoms with Gasteiger partial charge in [-0.05, 0) is 67.5 Å². The third kappa shape index (κ3) is 4.76. The van der Waals surface area contributed by atoms with E-state index in [-0.39, 0.29) is 29.8 Å². The third-order valence-electron chi connectivity index (χ3n) is 7.49. The van der Waals surface area contributed by atoms with Crippen LogP contribution in [-0.4, -0.2) is 59.5 Å². The van der Waals surface area contributed by atoms with Crippen molar-refractivity contribution in [3.63, 3.8) is 0 Å². The fourth-order valence-electron chi connectivity index (χ4n) is 5.25. The topological polar surface area (TPSA) is 118 Å². The van der Waals surface area contributed by atoms with E-state index >= 15 is 0 Å². The fraction of sp³-hybridized carbons (Fsp3) is 0.393. The molecule has 37 heavy (non-hydrogen) atoms. The molecule has 0 spiro atoms. The van der Waals surface area contributed by atoms with Crippen LogP contribution in [0.25, 0.3) is 21.9 Å². The molecule has 3 N–H and O–H groups in total. The summed E-state index contributed by atoms with van der Waals surface area (Å²) >= 11 is 0. The molecule has 3 aromatic rings. The maximum atomic E-state index is 13.8. The first-order valence-corrected chi connectivity index (χ1v) is 12.4. The predicted octanol–water partition coefficient (Wildman–Crippen LogP) is 4.25. The minimum atomic E-state index is -1.29. The van der Waals surface area contributed by atoms with Gasteiger partial charge in [-0.3, -0.25) is 9.59 Å². The molecule has 2 fully saturated rings. The molecular weight excluding hydrogens is 479 g/mol. The molecule has 2 aliphatic heterocycles. The van der Waals surface area contributed by atoms with Gasteiger partial charge in [-0.15, -0.1) is 0 Å². The number of carbonyl (C=O) groups is 2. The Morgan fingerprint density at radius 1 is 1.03 bits per heavy atom. The number of benzene rings is 2. The zero-order valence-electron chi connectivity index (χ0n) is 20.5. The largest absolute Gasteiger partial charge is 0.508 e. The predicted molar refractivity (Wildman–Crippen MR) is 134 cm³/mol. The van der Waals surface area contributed by atoms with Gasteiger partial charge < -0.3 is 25.0 Å². The molecule has 0 radical (unpaired) electrons. The third-order valence-corrected chi connectivity index (χ3v) is 7.49. The van der Waals surface area contributed by atoms with Crippen LogP contribution in [0.1, 0.15) is 48.3 Å². The Kier molecular flexibility index (Phi) is 6.83. The SMILES string of the molecule is C[C@@]1(C(=O)O)COCC[C@@H]1NC(=O)c1nc(C2CCOCC2)c(-c2ccc(F)cc2)c2ccc(O)cc12. The molecule has 194 valence electrons. The number of carboxylic acid groups (broad SMARTS) is 1. The van der Waals surface area contributed by atoms with Crippen LogP contribution in [0.15, 0.2) is 42.5 Å². The molecule has 9 heteroatoms. The van der Waals surface area contributed by atoms with E-state index in [0.29, 0.717) is 55.5 Å². The van der Waals surface area contributed by atoms with E-state index in [4.69, 9.17) is 14.5 Å². The fourth-order valence-corrected chi connectivity index (χ4v) is 5.25. The van der Waals surface area contributed by atoms with Gasteiger partial charge in [-0.25, -0.2) is 9.37 Å². The number of nitrogens with one attached hydrogen (secondary N) is 1. The molecule has 0 aliphatic carbocycles. The van der Waals surface area contributed by atoms with Crippen molar-refractivity contribution < 1.29 is 33.7 Å². The second-order valence-corrected chi connectivity index (χ2v) is 9.93. The lowest BCUT2D eigenvalue weighted by Gasteiger charge is -2.38. The van der Waals surface area contributed by atoms with Crippen molar-refractivity contribution >= 4 is 22.6 Å². The van der Waals surface area contributed by atoms with Crippen molar-refractivity contribution in [2.45, 2.75) is 38.1 Å². The molecule has 1 aromatic heterocycles. The number of hydrogen-bond donors (Lipinski definition) is 3. The molecule has 1 amide bonds. The smallest absolute Gasteiger partial charge is 0.313 e. The Balaban J connectivity index is 1.67. The van der Waals surface area contributed by atoms with Crippen LogP contribution in [0.5, 0.6) is 5.75 Å². The number of phenolic OH excluding ortho intramolecular Hbond substituents is 1. The molecule has 2 saturated heterocycles. The number of fused-ring (bicyclic) bond motifs is 1. The standard InChI is InChI=1S/C28H29FN2O6/c1-28(27(34)35)15-37-13-10-22(28)30-26(33)25-21-14-19(32)6-7-20(21)23(16-2-4-18(29)5-3-16)24(31-25)17-8-11-36-12-9-17/h2-7,14,17,22,32H,8-13,15H2,1H3,(H,30,33)(H,34,35)/t22-,28+/m0/s1. The summed E-state index contributed by atoms with van der Waals surface area (Å²) in [5.41, 5.74) is 1.05. The molecule has 2 atom stereocenters. The lowest BCUT2D eigenvalue weighted by Crippen LogP contribution is -2.56. The number of carboxylic acids is 1. The first-order chi connectivity index (χ1) is 17.8. The van der Waals surface area contributed by atoms with Crippen molar-refractivity contribution in [3.05, 3.63) is 59.7 Å². The van der Waals surface area contributed by atoms with Gasteiger partial charge in [0.1, 0.15) is 22.7 Å². The van der Waals surface area contributed by atoms with Crippen LogP contribution in [-0.2, 0) is 14.3 Å². The summed E-state index contributed by atoms with van der Waals surface area (Å²) in [6.07, 6.45) is 1.77. The molecule has 5 rings (SSSR count). The van der Waals surface area contributed by atoms with Crippen molar-refractivity contribution in [2.24, 2.45) is 5.41 Å². The van der Waals surface area contributed by atoms with E-state index in [1.807, 2.05) is 0 Å². The number of halogens is 1. The number of aromatic nitrogens is 1. The Hall–Kier alpha value is -3.56. The highest BCUT2D eigenvalue weighted by Gasteiger charge is 2.45. The number of ether oxygens (including phenoxy) is 2. The second-order valence-electron chi connectivity index (χ2n) is 9.93. The zero-order valence-corrected chi connectivity index (χ0v) is 20.5. The van der Waals surface area contributed by atoms with Crippen molar-refractivity contribution in [3.8, 4) is 16.9 Å². The van der Waals surface area contributed by atoms with E-state index in [1.54, 1.807) is 31.2 Å². The van der Waals surface area contributed by atoms with Crippen LogP contribution in [0.4, 0.5) is 4.39 Å². The first kappa shape index (κ1) is 25.1. The number of nitrogens with zero attached hydrogens (tertiary/aromatic N) is 1. The monoisotopic (exact) mass is 508 g/mol. The van der Waals surface area contributed by atoms with Crippen LogP contribution in [0, 0.1) is 11.2 Å². The van der Waals surface area contributed by atoms with Gasteiger partial charge in [0.2, 0.25) is 0 Å². The molecule has 3 heterocycles. The number of hydrogen-bond acceptors (Lipinski definition) is 6. The van der Waals surface area contributed by atoms with Gasteiger partial charge >= 0.3 is 5.97 Å². The number of pyridine rings is 1. The maximum absolute atomic E-state index is 13.8. The molecule has 8 nitrogen and oxygen atoms in total. The number of aromatic hydroxyl groups is 1. The average molecular weight is 509 g/mol. The second kappa shape index (κ2) is 10.1. The lowest BCUT2D eigenvalue weighted by atomic mass is 9.79. The number of phenols is 1. The van der Waals surface area contributed by atoms with Crippen LogP contribution < -0.4 is 5.32 Å². The molecule has 0 saturated carbocycles. The summed E-state index contributed by atoms with van der Waals surface area (Å²) in [5.74, 6) is -1.96. The van der Waals surface area contributed by atoms with Gasteiger partial charge in [0, 0.05) is 42.7 Å². The van der Waals surface area contributed by atoms with E-state index in [1.165, 1.54) is 18.2 Å². The normalized spacial score (nSPS) is 22.6. The van der Waals surface area contributed by atoms with Crippen LogP contribution in [0.3, 0.4) is 0 Å². The summed E-state index contributed by atoms with van der Waals surface area (Å²) in [7, 11) is 0. The Morgan fingerprint density at radius 3 is 2.43 bits per heavy atom. The van der Waals surface area contributed by atoms with E-state index < -0.39 is 23.3 Å². The van der Waals surface area contributed by atoms with E-state index in [9.17, 15) is 24.2 Å². The minimum absolute atomic E-state index is 0.00548. The zero-order chi connectivity index (χ0) is 26.2. The highest BCUT2D eigenvalue weighted by atomic mass is 19.1. The Labute approximate surface area is 213 Å². The quantitative estimate of drug-likeness (QED) is 0.472. The average Bonchev–Trinajstić information content (AvgIpc) is 2.90. The number of carbonyl (C=O) groups excluding carboxylic acids is 1. The Morgan fingerprint density at radius 2 is 1.73 bits per heavy atom. The summed E-state index contributed by atoms with van der Waals surface area (Å²) < 4.78 is 24.7. The minimum Gasteiger partial charge on any atom is -0.508 e. The first-order valence-electron chi connectivity index (χ1n) is 12.4. The summed E-state index contributed by atoms with van der Waals surface area (Å²) in [6.45, 7) is 2.99. The molecule has 0 unspecified atom stereocenters. The van der Waals surface area contributed by atoms with Gasteiger partial charge in [0.05, 0.1) is 12.3 Å². The molecular formula is C28H29FN2O6. The van der Waals surface area contributed by atoms with Crippen molar-refractivity contribution in [1.29, 1.82) is 0 Å². The Bertz CT molecular complexity index is 1340. The van der Waals surface area contributed by atoms with Crippen LogP contribution >= 0.6 is 0 Å². The molecule has 0 bridgehead atoms. The van der Waals surface area contributed by atoms with Gasteiger partial charge in [0.25, 0.3) is 5.91 Å². The highest BCUT2D eigenvalue weighted by molar-refractivity contribution is 6.10. The van der Waals surface area contributed by atoms with Gasteiger partial charge in [0.15, 0.2) is 0 Å². The number of amides is 1. The van der Waals surface area contributed by atoms with E-state index in [0.717, 1.165) is 11.1 Å². The summed E-state index contributed by atoms with van der Waals surface area (Å²) in [4.78, 5) is 30.6. The lowest BCUT2D eigenvalue weighted by molar-refractivity contribution is -0.158. The number of aliphatic carboxylic acids is 1. The summed E-state index contributed by atoms with van der Waals surface area (Å²) in [5, 5.41) is 24.2. The highest BCUT2D eigenvalue weighted by Crippen LogP contribution is 2.40. The number of rotatable bonds is 5. The van der Waals surface area contributed by atoms with E-state index in [2.05, 4.69) is 5.32 Å². The van der Waals surface area contributed by atoms with Crippen LogP contribution in [0.2, 0.25) is 0 Å². The van der Waals surface area contributed by atoms with Crippen molar-refractivity contribution in [2.75, 3.05) is 26.4 Å². The maximum Gasteiger partial charge on any atom is 0.313 e. The summed E-state index contributed by atoms with van der Waals surface area (Å²) in [6, 6.07) is 10.2. The van der Waals surface area contributed by atoms with Gasteiger partial charge in [-0.1, -0.05) is 12.1 Å².